The summed E-state index contributed by atoms with van der Waals surface area (Å²) in [6, 6.07) is 5.23. The molecule has 0 aromatic heterocycles. The zero-order valence-corrected chi connectivity index (χ0v) is 9.84. The van der Waals surface area contributed by atoms with Crippen molar-refractivity contribution in [3.8, 4) is 11.5 Å². The maximum atomic E-state index is 11.7. The Hall–Kier alpha value is -1.75. The summed E-state index contributed by atoms with van der Waals surface area (Å²) in [5.41, 5.74) is 0.683. The van der Waals surface area contributed by atoms with Gasteiger partial charge in [-0.05, 0) is 0 Å². The van der Waals surface area contributed by atoms with Gasteiger partial charge in [-0.25, -0.2) is 0 Å². The predicted octanol–water partition coefficient (Wildman–Crippen LogP) is 0.801. The van der Waals surface area contributed by atoms with E-state index in [-0.39, 0.29) is 12.3 Å². The summed E-state index contributed by atoms with van der Waals surface area (Å²) in [7, 11) is 3.11. The molecule has 0 radical (unpaired) electrons. The molecule has 1 unspecified atom stereocenters. The van der Waals surface area contributed by atoms with Crippen LogP contribution in [-0.4, -0.2) is 37.9 Å². The Morgan fingerprint density at radius 3 is 2.24 bits per heavy atom. The van der Waals surface area contributed by atoms with Crippen molar-refractivity contribution in [2.45, 2.75) is 12.5 Å². The van der Waals surface area contributed by atoms with Crippen molar-refractivity contribution in [2.75, 3.05) is 25.7 Å². The Bertz CT molecular complexity index is 410. The highest BCUT2D eigenvalue weighted by molar-refractivity contribution is 5.96. The molecule has 2 rings (SSSR count). The molecule has 5 heteroatoms. The highest BCUT2D eigenvalue weighted by Crippen LogP contribution is 2.30. The number of carbonyl (C=O) groups is 1. The molecule has 1 amide bonds. The third-order valence-electron chi connectivity index (χ3n) is 2.75. The molecule has 0 bridgehead atoms. The topological polar surface area (TPSA) is 59.0 Å². The molecular weight excluding hydrogens is 222 g/mol. The Balaban J connectivity index is 2.34. The van der Waals surface area contributed by atoms with E-state index in [1.54, 1.807) is 32.4 Å². The summed E-state index contributed by atoms with van der Waals surface area (Å²) in [5.74, 6) is 1.15. The molecule has 0 spiro atoms. The van der Waals surface area contributed by atoms with Crippen LogP contribution in [0, 0.1) is 0 Å². The summed E-state index contributed by atoms with van der Waals surface area (Å²) in [4.78, 5) is 13.2. The first-order valence-corrected chi connectivity index (χ1v) is 5.35. The number of carbonyl (C=O) groups excluding carboxylic acids is 1. The number of aliphatic hydroxyl groups is 1. The molecule has 92 valence electrons. The number of nitrogens with zero attached hydrogens (tertiary/aromatic N) is 1. The number of amides is 1. The molecule has 1 N–H and O–H groups in total. The number of methoxy groups -OCH3 is 2. The van der Waals surface area contributed by atoms with E-state index in [4.69, 9.17) is 9.47 Å². The first-order valence-electron chi connectivity index (χ1n) is 5.35. The molecule has 1 fully saturated rings. The van der Waals surface area contributed by atoms with Crippen molar-refractivity contribution >= 4 is 11.6 Å². The lowest BCUT2D eigenvalue weighted by Crippen LogP contribution is -2.25. The zero-order valence-electron chi connectivity index (χ0n) is 9.84. The van der Waals surface area contributed by atoms with Gasteiger partial charge in [0.2, 0.25) is 5.91 Å². The Morgan fingerprint density at radius 2 is 1.82 bits per heavy atom. The molecule has 0 saturated carbocycles. The van der Waals surface area contributed by atoms with Crippen LogP contribution in [0.2, 0.25) is 0 Å². The summed E-state index contributed by atoms with van der Waals surface area (Å²) in [5, 5.41) is 9.46. The summed E-state index contributed by atoms with van der Waals surface area (Å²) in [6.45, 7) is 0.315. The molecule has 17 heavy (non-hydrogen) atoms. The van der Waals surface area contributed by atoms with Crippen LogP contribution >= 0.6 is 0 Å². The van der Waals surface area contributed by atoms with E-state index in [1.807, 2.05) is 0 Å². The number of benzene rings is 1. The Labute approximate surface area is 99.6 Å². The van der Waals surface area contributed by atoms with Gasteiger partial charge in [0.05, 0.1) is 39.0 Å². The van der Waals surface area contributed by atoms with Crippen molar-refractivity contribution < 1.29 is 19.4 Å². The van der Waals surface area contributed by atoms with E-state index in [9.17, 15) is 9.90 Å². The highest BCUT2D eigenvalue weighted by atomic mass is 16.5. The quantitative estimate of drug-likeness (QED) is 0.844. The molecule has 1 heterocycles. The van der Waals surface area contributed by atoms with Gasteiger partial charge in [-0.1, -0.05) is 0 Å². The van der Waals surface area contributed by atoms with Crippen LogP contribution < -0.4 is 14.4 Å². The second-order valence-electron chi connectivity index (χ2n) is 3.93. The molecule has 0 aliphatic carbocycles. The molecule has 1 saturated heterocycles. The second kappa shape index (κ2) is 4.63. The SMILES string of the molecule is COc1cc(OC)cc(N2CC(O)CC2=O)c1. The van der Waals surface area contributed by atoms with E-state index in [0.29, 0.717) is 23.7 Å². The van der Waals surface area contributed by atoms with Gasteiger partial charge in [0.15, 0.2) is 0 Å². The lowest BCUT2D eigenvalue weighted by Gasteiger charge is -2.17. The average molecular weight is 237 g/mol. The van der Waals surface area contributed by atoms with Crippen LogP contribution in [0.15, 0.2) is 18.2 Å². The van der Waals surface area contributed by atoms with Crippen LogP contribution in [0.25, 0.3) is 0 Å². The number of rotatable bonds is 3. The van der Waals surface area contributed by atoms with Crippen molar-refractivity contribution in [1.29, 1.82) is 0 Å². The van der Waals surface area contributed by atoms with Crippen LogP contribution in [0.4, 0.5) is 5.69 Å². The molecular formula is C12H15NO4. The lowest BCUT2D eigenvalue weighted by atomic mass is 10.2. The van der Waals surface area contributed by atoms with Crippen LogP contribution in [0.1, 0.15) is 6.42 Å². The molecule has 5 nitrogen and oxygen atoms in total. The van der Waals surface area contributed by atoms with Crippen LogP contribution in [0.5, 0.6) is 11.5 Å². The minimum absolute atomic E-state index is 0.0900. The number of hydrogen-bond acceptors (Lipinski definition) is 4. The molecule has 1 atom stereocenters. The van der Waals surface area contributed by atoms with Crippen molar-refractivity contribution in [2.24, 2.45) is 0 Å². The Kier molecular flexibility index (Phi) is 3.19. The predicted molar refractivity (Wildman–Crippen MR) is 62.5 cm³/mol. The first-order chi connectivity index (χ1) is 8.13. The van der Waals surface area contributed by atoms with Gasteiger partial charge in [0.1, 0.15) is 11.5 Å². The first kappa shape index (κ1) is 11.7. The largest absolute Gasteiger partial charge is 0.497 e. The van der Waals surface area contributed by atoms with Gasteiger partial charge < -0.3 is 19.5 Å². The van der Waals surface area contributed by atoms with E-state index in [1.165, 1.54) is 4.90 Å². The van der Waals surface area contributed by atoms with Crippen molar-refractivity contribution in [3.05, 3.63) is 18.2 Å². The van der Waals surface area contributed by atoms with Gasteiger partial charge in [-0.15, -0.1) is 0 Å². The standard InChI is InChI=1S/C12H15NO4/c1-16-10-3-8(4-11(6-10)17-2)13-7-9(14)5-12(13)15/h3-4,6,9,14H,5,7H2,1-2H3. The van der Waals surface area contributed by atoms with E-state index >= 15 is 0 Å². The molecule has 1 aliphatic rings. The maximum Gasteiger partial charge on any atom is 0.229 e. The van der Waals surface area contributed by atoms with Gasteiger partial charge in [0, 0.05) is 18.2 Å². The molecule has 1 aliphatic heterocycles. The van der Waals surface area contributed by atoms with E-state index in [2.05, 4.69) is 0 Å². The third-order valence-corrected chi connectivity index (χ3v) is 2.75. The molecule has 1 aromatic rings. The van der Waals surface area contributed by atoms with E-state index < -0.39 is 6.10 Å². The van der Waals surface area contributed by atoms with Gasteiger partial charge >= 0.3 is 0 Å². The number of ether oxygens (including phenoxy) is 2. The Morgan fingerprint density at radius 1 is 1.24 bits per heavy atom. The average Bonchev–Trinajstić information content (AvgIpc) is 2.67. The number of hydrogen-bond donors (Lipinski definition) is 1. The van der Waals surface area contributed by atoms with Gasteiger partial charge in [0.25, 0.3) is 0 Å². The lowest BCUT2D eigenvalue weighted by molar-refractivity contribution is -0.117. The maximum absolute atomic E-state index is 11.7. The normalized spacial score (nSPS) is 19.6. The number of aliphatic hydroxyl groups excluding tert-OH is 1. The smallest absolute Gasteiger partial charge is 0.229 e. The fraction of sp³-hybridized carbons (Fsp3) is 0.417. The minimum atomic E-state index is -0.598. The second-order valence-corrected chi connectivity index (χ2v) is 3.93. The summed E-state index contributed by atoms with van der Waals surface area (Å²) >= 11 is 0. The highest BCUT2D eigenvalue weighted by Gasteiger charge is 2.29. The van der Waals surface area contributed by atoms with Crippen LogP contribution in [-0.2, 0) is 4.79 Å². The molecule has 1 aromatic carbocycles. The summed E-state index contributed by atoms with van der Waals surface area (Å²) in [6.07, 6.45) is -0.431. The van der Waals surface area contributed by atoms with Crippen molar-refractivity contribution in [1.82, 2.24) is 0 Å². The zero-order chi connectivity index (χ0) is 12.4. The van der Waals surface area contributed by atoms with Gasteiger partial charge in [-0.2, -0.15) is 0 Å². The monoisotopic (exact) mass is 237 g/mol. The number of anilines is 1. The van der Waals surface area contributed by atoms with Crippen molar-refractivity contribution in [3.63, 3.8) is 0 Å². The fourth-order valence-electron chi connectivity index (χ4n) is 1.89. The van der Waals surface area contributed by atoms with Gasteiger partial charge in [-0.3, -0.25) is 4.79 Å². The number of β-amino-alcohol motifs (C(OH)–C–C–N with tert-alkyl or cyclic N) is 1. The summed E-state index contributed by atoms with van der Waals surface area (Å²) < 4.78 is 10.3. The van der Waals surface area contributed by atoms with Crippen LogP contribution in [0.3, 0.4) is 0 Å². The van der Waals surface area contributed by atoms with E-state index in [0.717, 1.165) is 0 Å². The minimum Gasteiger partial charge on any atom is -0.497 e. The third kappa shape index (κ3) is 2.34. The fourth-order valence-corrected chi connectivity index (χ4v) is 1.89.